The van der Waals surface area contributed by atoms with Crippen LogP contribution in [0.3, 0.4) is 0 Å². The zero-order valence-electron chi connectivity index (χ0n) is 7.36. The van der Waals surface area contributed by atoms with Gasteiger partial charge in [-0.1, -0.05) is 17.7 Å². The van der Waals surface area contributed by atoms with Crippen molar-refractivity contribution in [3.63, 3.8) is 0 Å². The van der Waals surface area contributed by atoms with Gasteiger partial charge in [0.15, 0.2) is 5.15 Å². The lowest BCUT2D eigenvalue weighted by Crippen LogP contribution is -2.03. The standard InChI is InChI=1S/C9H7ClN2O2/c1-5-3-2-4-12-6(5)7(10)11-8(12)9(13)14/h2-4H,1H3,(H,13,14). The molecule has 0 aromatic carbocycles. The maximum absolute atomic E-state index is 10.8. The molecule has 2 aromatic rings. The van der Waals surface area contributed by atoms with Crippen LogP contribution in [0.2, 0.25) is 5.15 Å². The number of aromatic carboxylic acids is 1. The number of fused-ring (bicyclic) bond motifs is 1. The van der Waals surface area contributed by atoms with Crippen molar-refractivity contribution in [2.45, 2.75) is 6.92 Å². The number of hydrogen-bond acceptors (Lipinski definition) is 2. The Labute approximate surface area is 84.8 Å². The zero-order chi connectivity index (χ0) is 10.3. The van der Waals surface area contributed by atoms with Crippen molar-refractivity contribution in [1.82, 2.24) is 9.38 Å². The molecule has 0 saturated heterocycles. The molecule has 2 rings (SSSR count). The topological polar surface area (TPSA) is 54.6 Å². The minimum Gasteiger partial charge on any atom is -0.475 e. The van der Waals surface area contributed by atoms with Crippen molar-refractivity contribution in [2.75, 3.05) is 0 Å². The van der Waals surface area contributed by atoms with Gasteiger partial charge in [0, 0.05) is 6.20 Å². The molecule has 14 heavy (non-hydrogen) atoms. The van der Waals surface area contributed by atoms with E-state index in [1.54, 1.807) is 12.3 Å². The average Bonchev–Trinajstić information content (AvgIpc) is 2.45. The third kappa shape index (κ3) is 1.15. The van der Waals surface area contributed by atoms with Crippen molar-refractivity contribution >= 4 is 23.1 Å². The number of carboxylic acid groups (broad SMARTS) is 1. The molecule has 0 saturated carbocycles. The van der Waals surface area contributed by atoms with E-state index in [0.717, 1.165) is 5.56 Å². The Hall–Kier alpha value is -1.55. The first-order valence-corrected chi connectivity index (χ1v) is 4.35. The number of nitrogens with zero attached hydrogens (tertiary/aromatic N) is 2. The summed E-state index contributed by atoms with van der Waals surface area (Å²) in [6.45, 7) is 1.86. The predicted molar refractivity (Wildman–Crippen MR) is 51.9 cm³/mol. The molecule has 0 spiro atoms. The van der Waals surface area contributed by atoms with Gasteiger partial charge >= 0.3 is 5.97 Å². The van der Waals surface area contributed by atoms with Crippen molar-refractivity contribution in [3.8, 4) is 0 Å². The van der Waals surface area contributed by atoms with Crippen LogP contribution in [0, 0.1) is 6.92 Å². The van der Waals surface area contributed by atoms with Gasteiger partial charge in [0.05, 0.1) is 5.52 Å². The molecule has 0 aliphatic rings. The normalized spacial score (nSPS) is 10.7. The van der Waals surface area contributed by atoms with Gasteiger partial charge in [0.1, 0.15) is 0 Å². The van der Waals surface area contributed by atoms with Crippen LogP contribution < -0.4 is 0 Å². The van der Waals surface area contributed by atoms with Crippen LogP contribution in [0.5, 0.6) is 0 Å². The molecule has 5 heteroatoms. The number of carbonyl (C=O) groups is 1. The summed E-state index contributed by atoms with van der Waals surface area (Å²) in [6, 6.07) is 3.61. The van der Waals surface area contributed by atoms with Crippen molar-refractivity contribution in [2.24, 2.45) is 0 Å². The fraction of sp³-hybridized carbons (Fsp3) is 0.111. The Bertz CT molecular complexity index is 519. The Morgan fingerprint density at radius 3 is 3.00 bits per heavy atom. The Kier molecular flexibility index (Phi) is 1.93. The van der Waals surface area contributed by atoms with Crippen LogP contribution in [-0.4, -0.2) is 20.5 Å². The quantitative estimate of drug-likeness (QED) is 0.783. The average molecular weight is 211 g/mol. The summed E-state index contributed by atoms with van der Waals surface area (Å²) in [5.74, 6) is -1.15. The van der Waals surface area contributed by atoms with E-state index in [4.69, 9.17) is 16.7 Å². The Morgan fingerprint density at radius 1 is 1.64 bits per heavy atom. The minimum absolute atomic E-state index is 0.0614. The molecule has 0 atom stereocenters. The van der Waals surface area contributed by atoms with E-state index in [2.05, 4.69) is 4.98 Å². The number of pyridine rings is 1. The van der Waals surface area contributed by atoms with Gasteiger partial charge in [-0.25, -0.2) is 9.78 Å². The predicted octanol–water partition coefficient (Wildman–Crippen LogP) is 1.99. The van der Waals surface area contributed by atoms with Gasteiger partial charge in [0.25, 0.3) is 0 Å². The van der Waals surface area contributed by atoms with Crippen LogP contribution in [0.25, 0.3) is 5.52 Å². The molecule has 4 nitrogen and oxygen atoms in total. The Balaban J connectivity index is 2.91. The number of rotatable bonds is 1. The summed E-state index contributed by atoms with van der Waals surface area (Å²) in [7, 11) is 0. The van der Waals surface area contributed by atoms with Crippen LogP contribution in [0.4, 0.5) is 0 Å². The van der Waals surface area contributed by atoms with Gasteiger partial charge in [0.2, 0.25) is 5.82 Å². The van der Waals surface area contributed by atoms with Crippen LogP contribution >= 0.6 is 11.6 Å². The molecular formula is C9H7ClN2O2. The molecule has 0 unspecified atom stereocenters. The van der Waals surface area contributed by atoms with Crippen molar-refractivity contribution in [1.29, 1.82) is 0 Å². The summed E-state index contributed by atoms with van der Waals surface area (Å²) < 4.78 is 1.47. The summed E-state index contributed by atoms with van der Waals surface area (Å²) >= 11 is 5.83. The second-order valence-corrected chi connectivity index (χ2v) is 3.30. The third-order valence-corrected chi connectivity index (χ3v) is 2.28. The van der Waals surface area contributed by atoms with E-state index in [1.165, 1.54) is 4.40 Å². The molecule has 0 radical (unpaired) electrons. The van der Waals surface area contributed by atoms with Gasteiger partial charge in [-0.05, 0) is 18.6 Å². The van der Waals surface area contributed by atoms with Crippen LogP contribution in [0.15, 0.2) is 18.3 Å². The van der Waals surface area contributed by atoms with Crippen LogP contribution in [0.1, 0.15) is 16.2 Å². The second-order valence-electron chi connectivity index (χ2n) is 2.94. The number of aromatic nitrogens is 2. The molecule has 0 fully saturated rings. The first-order valence-electron chi connectivity index (χ1n) is 3.97. The first-order chi connectivity index (χ1) is 6.61. The largest absolute Gasteiger partial charge is 0.475 e. The van der Waals surface area contributed by atoms with E-state index in [-0.39, 0.29) is 11.0 Å². The zero-order valence-corrected chi connectivity index (χ0v) is 8.12. The van der Waals surface area contributed by atoms with Gasteiger partial charge < -0.3 is 5.11 Å². The molecule has 0 aliphatic heterocycles. The van der Waals surface area contributed by atoms with Crippen molar-refractivity contribution < 1.29 is 9.90 Å². The molecule has 72 valence electrons. The lowest BCUT2D eigenvalue weighted by molar-refractivity contribution is 0.0683. The highest BCUT2D eigenvalue weighted by Crippen LogP contribution is 2.21. The second kappa shape index (κ2) is 2.99. The summed E-state index contributed by atoms with van der Waals surface area (Å²) in [4.78, 5) is 14.6. The van der Waals surface area contributed by atoms with E-state index in [1.807, 2.05) is 13.0 Å². The number of hydrogen-bond donors (Lipinski definition) is 1. The molecule has 2 heterocycles. The van der Waals surface area contributed by atoms with Gasteiger partial charge in [-0.3, -0.25) is 4.40 Å². The Morgan fingerprint density at radius 2 is 2.36 bits per heavy atom. The highest BCUT2D eigenvalue weighted by molar-refractivity contribution is 6.33. The number of carboxylic acids is 1. The molecule has 0 aliphatic carbocycles. The highest BCUT2D eigenvalue weighted by atomic mass is 35.5. The maximum Gasteiger partial charge on any atom is 0.372 e. The van der Waals surface area contributed by atoms with Crippen LogP contribution in [-0.2, 0) is 0 Å². The van der Waals surface area contributed by atoms with Gasteiger partial charge in [-0.2, -0.15) is 0 Å². The fourth-order valence-corrected chi connectivity index (χ4v) is 1.73. The molecular weight excluding hydrogens is 204 g/mol. The molecule has 0 amide bonds. The third-order valence-electron chi connectivity index (χ3n) is 2.01. The van der Waals surface area contributed by atoms with Crippen molar-refractivity contribution in [3.05, 3.63) is 34.9 Å². The van der Waals surface area contributed by atoms with Gasteiger partial charge in [-0.15, -0.1) is 0 Å². The minimum atomic E-state index is -1.09. The summed E-state index contributed by atoms with van der Waals surface area (Å²) in [5.41, 5.74) is 1.55. The summed E-state index contributed by atoms with van der Waals surface area (Å²) in [6.07, 6.45) is 1.63. The number of aryl methyl sites for hydroxylation is 1. The first kappa shape index (κ1) is 9.02. The molecule has 1 N–H and O–H groups in total. The SMILES string of the molecule is Cc1cccn2c(C(=O)O)nc(Cl)c12. The molecule has 2 aromatic heterocycles. The highest BCUT2D eigenvalue weighted by Gasteiger charge is 2.15. The fourth-order valence-electron chi connectivity index (χ4n) is 1.41. The number of halogens is 1. The smallest absolute Gasteiger partial charge is 0.372 e. The lowest BCUT2D eigenvalue weighted by atomic mass is 10.3. The maximum atomic E-state index is 10.8. The monoisotopic (exact) mass is 210 g/mol. The summed E-state index contributed by atoms with van der Waals surface area (Å²) in [5, 5.41) is 9.07. The van der Waals surface area contributed by atoms with E-state index in [9.17, 15) is 4.79 Å². The van der Waals surface area contributed by atoms with E-state index >= 15 is 0 Å². The number of imidazole rings is 1. The molecule has 0 bridgehead atoms. The van der Waals surface area contributed by atoms with E-state index < -0.39 is 5.97 Å². The van der Waals surface area contributed by atoms with E-state index in [0.29, 0.717) is 5.52 Å². The lowest BCUT2D eigenvalue weighted by Gasteiger charge is -1.98.